The van der Waals surface area contributed by atoms with E-state index in [1.165, 1.54) is 0 Å². The quantitative estimate of drug-likeness (QED) is 0.440. The smallest absolute Gasteiger partial charge is 0.305 e. The first-order chi connectivity index (χ1) is 8.95. The van der Waals surface area contributed by atoms with Crippen LogP contribution >= 0.6 is 10.8 Å². The molecule has 1 aromatic carbocycles. The molecule has 0 N–H and O–H groups in total. The second-order valence-electron chi connectivity index (χ2n) is 4.00. The molecule has 0 fully saturated rings. The van der Waals surface area contributed by atoms with Crippen molar-refractivity contribution >= 4 is 25.6 Å². The van der Waals surface area contributed by atoms with Gasteiger partial charge in [0, 0.05) is 12.2 Å². The van der Waals surface area contributed by atoms with Crippen molar-refractivity contribution in [2.45, 2.75) is 31.6 Å². The lowest BCUT2D eigenvalue weighted by atomic mass is 10.2. The first kappa shape index (κ1) is 16.0. The van der Waals surface area contributed by atoms with Gasteiger partial charge in [0.2, 0.25) is 8.87 Å². The van der Waals surface area contributed by atoms with Gasteiger partial charge in [0.15, 0.2) is 0 Å². The van der Waals surface area contributed by atoms with E-state index in [9.17, 15) is 13.2 Å². The molecular formula is C13H18O4S2. The van der Waals surface area contributed by atoms with Gasteiger partial charge in [-0.2, -0.15) is 0 Å². The third-order valence-electron chi connectivity index (χ3n) is 2.38. The maximum absolute atomic E-state index is 12.0. The largest absolute Gasteiger partial charge is 0.466 e. The van der Waals surface area contributed by atoms with E-state index in [1.54, 1.807) is 31.2 Å². The van der Waals surface area contributed by atoms with Crippen molar-refractivity contribution in [1.82, 2.24) is 0 Å². The molecule has 0 atom stereocenters. The highest BCUT2D eigenvalue weighted by Crippen LogP contribution is 2.24. The SMILES string of the molecule is CCOC(=O)CCCSS(=O)(=O)c1ccc(C)cc1. The van der Waals surface area contributed by atoms with E-state index in [0.29, 0.717) is 23.7 Å². The van der Waals surface area contributed by atoms with Gasteiger partial charge in [-0.15, -0.1) is 0 Å². The number of hydrogen-bond acceptors (Lipinski definition) is 5. The lowest BCUT2D eigenvalue weighted by molar-refractivity contribution is -0.143. The van der Waals surface area contributed by atoms with Crippen molar-refractivity contribution in [3.05, 3.63) is 29.8 Å². The lowest BCUT2D eigenvalue weighted by Crippen LogP contribution is -2.04. The molecule has 0 saturated heterocycles. The van der Waals surface area contributed by atoms with Gasteiger partial charge in [-0.25, -0.2) is 8.42 Å². The predicted octanol–water partition coefficient (Wildman–Crippen LogP) is 2.76. The summed E-state index contributed by atoms with van der Waals surface area (Å²) in [5.74, 6) is 0.102. The van der Waals surface area contributed by atoms with Crippen LogP contribution < -0.4 is 0 Å². The van der Waals surface area contributed by atoms with Gasteiger partial charge < -0.3 is 4.74 Å². The highest BCUT2D eigenvalue weighted by Gasteiger charge is 2.14. The van der Waals surface area contributed by atoms with Crippen LogP contribution in [0.3, 0.4) is 0 Å². The predicted molar refractivity (Wildman–Crippen MR) is 76.7 cm³/mol. The summed E-state index contributed by atoms with van der Waals surface area (Å²) >= 11 is 0. The summed E-state index contributed by atoms with van der Waals surface area (Å²) in [6.45, 7) is 4.00. The molecule has 19 heavy (non-hydrogen) atoms. The molecule has 0 bridgehead atoms. The maximum Gasteiger partial charge on any atom is 0.305 e. The summed E-state index contributed by atoms with van der Waals surface area (Å²) in [6, 6.07) is 6.74. The fourth-order valence-corrected chi connectivity index (χ4v) is 4.23. The molecule has 6 heteroatoms. The lowest BCUT2D eigenvalue weighted by Gasteiger charge is -2.04. The van der Waals surface area contributed by atoms with Crippen molar-refractivity contribution in [1.29, 1.82) is 0 Å². The van der Waals surface area contributed by atoms with Crippen molar-refractivity contribution in [2.24, 2.45) is 0 Å². The van der Waals surface area contributed by atoms with Crippen molar-refractivity contribution < 1.29 is 17.9 Å². The van der Waals surface area contributed by atoms with Crippen molar-refractivity contribution in [3.8, 4) is 0 Å². The summed E-state index contributed by atoms with van der Waals surface area (Å²) in [4.78, 5) is 11.4. The first-order valence-electron chi connectivity index (χ1n) is 6.07. The second kappa shape index (κ2) is 7.55. The van der Waals surface area contributed by atoms with E-state index >= 15 is 0 Å². The van der Waals surface area contributed by atoms with E-state index in [1.807, 2.05) is 6.92 Å². The minimum absolute atomic E-state index is 0.254. The van der Waals surface area contributed by atoms with Crippen molar-refractivity contribution in [2.75, 3.05) is 12.4 Å². The van der Waals surface area contributed by atoms with E-state index in [2.05, 4.69) is 0 Å². The van der Waals surface area contributed by atoms with Gasteiger partial charge in [0.05, 0.1) is 11.5 Å². The minimum Gasteiger partial charge on any atom is -0.466 e. The molecule has 0 radical (unpaired) electrons. The van der Waals surface area contributed by atoms with E-state index in [4.69, 9.17) is 4.74 Å². The normalized spacial score (nSPS) is 11.3. The third kappa shape index (κ3) is 5.65. The van der Waals surface area contributed by atoms with Crippen LogP contribution in [0.15, 0.2) is 29.2 Å². The van der Waals surface area contributed by atoms with Gasteiger partial charge in [-0.3, -0.25) is 4.79 Å². The van der Waals surface area contributed by atoms with Crippen LogP contribution in [0.1, 0.15) is 25.3 Å². The molecule has 0 aromatic heterocycles. The number of carbonyl (C=O) groups excluding carboxylic acids is 1. The fourth-order valence-electron chi connectivity index (χ4n) is 1.39. The molecule has 0 aliphatic heterocycles. The Balaban J connectivity index is 2.43. The second-order valence-corrected chi connectivity index (χ2v) is 8.04. The van der Waals surface area contributed by atoms with Crippen LogP contribution in [0.4, 0.5) is 0 Å². The molecule has 0 unspecified atom stereocenters. The molecule has 106 valence electrons. The minimum atomic E-state index is -3.32. The van der Waals surface area contributed by atoms with Crippen LogP contribution in [-0.4, -0.2) is 26.7 Å². The molecule has 1 rings (SSSR count). The van der Waals surface area contributed by atoms with E-state index < -0.39 is 8.87 Å². The standard InChI is InChI=1S/C13H18O4S2/c1-3-17-13(14)5-4-10-18-19(15,16)12-8-6-11(2)7-9-12/h6-9H,3-5,10H2,1-2H3. The number of esters is 1. The Hall–Kier alpha value is -1.01. The van der Waals surface area contributed by atoms with Gasteiger partial charge in [0.25, 0.3) is 0 Å². The highest BCUT2D eigenvalue weighted by molar-refractivity contribution is 8.72. The highest BCUT2D eigenvalue weighted by atomic mass is 33.1. The number of aryl methyl sites for hydroxylation is 1. The Kier molecular flexibility index (Phi) is 6.37. The number of hydrogen-bond donors (Lipinski definition) is 0. The third-order valence-corrected chi connectivity index (χ3v) is 6.00. The van der Waals surface area contributed by atoms with Gasteiger partial charge >= 0.3 is 5.97 Å². The van der Waals surface area contributed by atoms with E-state index in [-0.39, 0.29) is 12.4 Å². The Bertz CT molecular complexity index is 506. The zero-order valence-corrected chi connectivity index (χ0v) is 12.7. The van der Waals surface area contributed by atoms with Crippen LogP contribution in [0.25, 0.3) is 0 Å². The number of benzene rings is 1. The molecule has 0 aliphatic rings. The number of ether oxygens (including phenoxy) is 1. The average molecular weight is 302 g/mol. The van der Waals surface area contributed by atoms with Gasteiger partial charge in [-0.1, -0.05) is 17.7 Å². The molecule has 0 spiro atoms. The van der Waals surface area contributed by atoms with E-state index in [0.717, 1.165) is 16.4 Å². The fraction of sp³-hybridized carbons (Fsp3) is 0.462. The monoisotopic (exact) mass is 302 g/mol. The molecule has 0 heterocycles. The summed E-state index contributed by atoms with van der Waals surface area (Å²) < 4.78 is 28.7. The summed E-state index contributed by atoms with van der Waals surface area (Å²) in [7, 11) is -2.46. The average Bonchev–Trinajstić information content (AvgIpc) is 2.36. The Morgan fingerprint density at radius 2 is 1.89 bits per heavy atom. The topological polar surface area (TPSA) is 60.4 Å². The molecule has 4 nitrogen and oxygen atoms in total. The zero-order valence-electron chi connectivity index (χ0n) is 11.1. The number of rotatable bonds is 7. The molecular weight excluding hydrogens is 284 g/mol. The summed E-state index contributed by atoms with van der Waals surface area (Å²) in [5.41, 5.74) is 1.02. The molecule has 0 aliphatic carbocycles. The number of carbonyl (C=O) groups is 1. The first-order valence-corrected chi connectivity index (χ1v) is 9.06. The molecule has 0 amide bonds. The van der Waals surface area contributed by atoms with Crippen LogP contribution in [0.5, 0.6) is 0 Å². The zero-order chi connectivity index (χ0) is 14.3. The van der Waals surface area contributed by atoms with Gasteiger partial charge in [-0.05, 0) is 43.2 Å². The van der Waals surface area contributed by atoms with Crippen LogP contribution in [0, 0.1) is 6.92 Å². The van der Waals surface area contributed by atoms with Crippen molar-refractivity contribution in [3.63, 3.8) is 0 Å². The summed E-state index contributed by atoms with van der Waals surface area (Å²) in [5, 5.41) is 0. The van der Waals surface area contributed by atoms with Gasteiger partial charge in [0.1, 0.15) is 0 Å². The molecule has 0 saturated carbocycles. The maximum atomic E-state index is 12.0. The Morgan fingerprint density at radius 1 is 1.26 bits per heavy atom. The van der Waals surface area contributed by atoms with Crippen LogP contribution in [-0.2, 0) is 18.4 Å². The Labute approximate surface area is 117 Å². The summed E-state index contributed by atoms with van der Waals surface area (Å²) in [6.07, 6.45) is 0.749. The van der Waals surface area contributed by atoms with Crippen LogP contribution in [0.2, 0.25) is 0 Å². The Morgan fingerprint density at radius 3 is 2.47 bits per heavy atom. The molecule has 1 aromatic rings.